The summed E-state index contributed by atoms with van der Waals surface area (Å²) in [6.07, 6.45) is 8.12. The minimum atomic E-state index is -0.503. The first-order chi connectivity index (χ1) is 11.6. The Labute approximate surface area is 147 Å². The maximum atomic E-state index is 13.5. The second-order valence-electron chi connectivity index (χ2n) is 6.95. The summed E-state index contributed by atoms with van der Waals surface area (Å²) in [5, 5.41) is 8.71. The van der Waals surface area contributed by atoms with Gasteiger partial charge in [-0.3, -0.25) is 0 Å². The van der Waals surface area contributed by atoms with Crippen LogP contribution in [0.25, 0.3) is 0 Å². The molecule has 125 valence electrons. The molecule has 0 amide bonds. The molecule has 0 aromatic heterocycles. The zero-order chi connectivity index (χ0) is 17.4. The number of nitrogens with zero attached hydrogens (tertiary/aromatic N) is 1. The first-order valence-corrected chi connectivity index (χ1v) is 10.9. The average Bonchev–Trinajstić information content (AvgIpc) is 2.58. The summed E-state index contributed by atoms with van der Waals surface area (Å²) in [5.74, 6) is 6.92. The summed E-state index contributed by atoms with van der Waals surface area (Å²) in [7, 11) is -0.0975. The van der Waals surface area contributed by atoms with Crippen LogP contribution in [0.1, 0.15) is 44.2 Å². The largest absolute Gasteiger partial charge is 0.206 e. The minimum absolute atomic E-state index is 0.0633. The van der Waals surface area contributed by atoms with Crippen molar-refractivity contribution in [3.8, 4) is 17.9 Å². The van der Waals surface area contributed by atoms with Gasteiger partial charge < -0.3 is 0 Å². The number of halogens is 1. The van der Waals surface area contributed by atoms with Gasteiger partial charge in [-0.2, -0.15) is 5.26 Å². The smallest absolute Gasteiger partial charge is 0.142 e. The lowest BCUT2D eigenvalue weighted by Gasteiger charge is -2.25. The molecule has 1 heterocycles. The molecule has 24 heavy (non-hydrogen) atoms. The highest BCUT2D eigenvalue weighted by molar-refractivity contribution is 6.59. The topological polar surface area (TPSA) is 23.8 Å². The number of hydrogen-bond acceptors (Lipinski definition) is 1. The lowest BCUT2D eigenvalue weighted by molar-refractivity contribution is 0.563. The molecule has 1 radical (unpaired) electrons. The first-order valence-electron chi connectivity index (χ1n) is 8.80. The van der Waals surface area contributed by atoms with Crippen LogP contribution in [0.3, 0.4) is 0 Å². The second-order valence-corrected chi connectivity index (χ2v) is 9.95. The van der Waals surface area contributed by atoms with Gasteiger partial charge in [-0.1, -0.05) is 56.3 Å². The van der Waals surface area contributed by atoms with Gasteiger partial charge in [-0.25, -0.2) is 4.39 Å². The summed E-state index contributed by atoms with van der Waals surface area (Å²) >= 11 is 0. The predicted octanol–water partition coefficient (Wildman–Crippen LogP) is 5.56. The maximum absolute atomic E-state index is 13.5. The lowest BCUT2D eigenvalue weighted by Crippen LogP contribution is -2.20. The van der Waals surface area contributed by atoms with Crippen molar-refractivity contribution in [2.45, 2.75) is 51.2 Å². The summed E-state index contributed by atoms with van der Waals surface area (Å²) in [4.78, 5) is 0. The molecule has 1 nitrogen and oxygen atoms in total. The standard InChI is InChI=1S/C21H25FNSi/c1-17(2)9-12-24-13-10-18(11-14-24)5-3-4-6-19-7-8-20(16-23)21(22)15-19/h3,5,7-8,15,17-18H,9-14H2,1-2H3/b5-3+. The minimum Gasteiger partial charge on any atom is -0.206 e. The number of rotatable bonds is 4. The van der Waals surface area contributed by atoms with E-state index in [4.69, 9.17) is 5.26 Å². The van der Waals surface area contributed by atoms with E-state index in [9.17, 15) is 4.39 Å². The molecule has 2 rings (SSSR count). The van der Waals surface area contributed by atoms with E-state index in [1.165, 1.54) is 49.5 Å². The van der Waals surface area contributed by atoms with Gasteiger partial charge in [-0.15, -0.1) is 0 Å². The zero-order valence-corrected chi connectivity index (χ0v) is 15.6. The van der Waals surface area contributed by atoms with Crippen molar-refractivity contribution in [1.29, 1.82) is 5.26 Å². The van der Waals surface area contributed by atoms with Gasteiger partial charge in [0.15, 0.2) is 0 Å². The Kier molecular flexibility index (Phi) is 7.28. The van der Waals surface area contributed by atoms with Crippen LogP contribution in [0.15, 0.2) is 30.4 Å². The summed E-state index contributed by atoms with van der Waals surface area (Å²) < 4.78 is 13.5. The van der Waals surface area contributed by atoms with E-state index in [0.29, 0.717) is 11.5 Å². The van der Waals surface area contributed by atoms with Crippen LogP contribution in [-0.2, 0) is 0 Å². The van der Waals surface area contributed by atoms with E-state index in [0.717, 1.165) is 5.92 Å². The molecule has 0 spiro atoms. The van der Waals surface area contributed by atoms with Crippen LogP contribution in [0.5, 0.6) is 0 Å². The monoisotopic (exact) mass is 338 g/mol. The van der Waals surface area contributed by atoms with Crippen molar-refractivity contribution >= 4 is 8.80 Å². The van der Waals surface area contributed by atoms with Crippen LogP contribution < -0.4 is 0 Å². The van der Waals surface area contributed by atoms with Crippen molar-refractivity contribution in [3.05, 3.63) is 47.3 Å². The third-order valence-corrected chi connectivity index (χ3v) is 7.56. The Morgan fingerprint density at radius 3 is 2.71 bits per heavy atom. The van der Waals surface area contributed by atoms with E-state index < -0.39 is 5.82 Å². The van der Waals surface area contributed by atoms with Gasteiger partial charge in [-0.05, 0) is 49.0 Å². The van der Waals surface area contributed by atoms with Gasteiger partial charge in [0, 0.05) is 14.4 Å². The molecule has 1 aromatic carbocycles. The quantitative estimate of drug-likeness (QED) is 0.521. The number of hydrogen-bond donors (Lipinski definition) is 0. The molecule has 0 atom stereocenters. The van der Waals surface area contributed by atoms with E-state index in [2.05, 4.69) is 31.8 Å². The van der Waals surface area contributed by atoms with Crippen molar-refractivity contribution in [2.75, 3.05) is 0 Å². The lowest BCUT2D eigenvalue weighted by atomic mass is 10.0. The fraction of sp³-hybridized carbons (Fsp3) is 0.476. The second kappa shape index (κ2) is 9.45. The number of nitriles is 1. The molecule has 3 heteroatoms. The van der Waals surface area contributed by atoms with E-state index >= 15 is 0 Å². The Morgan fingerprint density at radius 1 is 1.33 bits per heavy atom. The van der Waals surface area contributed by atoms with Crippen LogP contribution in [0.2, 0.25) is 18.1 Å². The van der Waals surface area contributed by atoms with Gasteiger partial charge in [0.25, 0.3) is 0 Å². The molecule has 1 aliphatic rings. The third kappa shape index (κ3) is 5.98. The van der Waals surface area contributed by atoms with Crippen molar-refractivity contribution in [3.63, 3.8) is 0 Å². The maximum Gasteiger partial charge on any atom is 0.142 e. The molecule has 1 aliphatic heterocycles. The fourth-order valence-electron chi connectivity index (χ4n) is 2.98. The third-order valence-electron chi connectivity index (χ3n) is 4.57. The van der Waals surface area contributed by atoms with Crippen LogP contribution in [0.4, 0.5) is 4.39 Å². The molecule has 0 N–H and O–H groups in total. The Bertz CT molecular complexity index is 667. The summed E-state index contributed by atoms with van der Waals surface area (Å²) in [6, 6.07) is 10.6. The first kappa shape index (κ1) is 18.5. The molecule has 1 saturated heterocycles. The molecule has 0 bridgehead atoms. The van der Waals surface area contributed by atoms with E-state index in [1.54, 1.807) is 6.07 Å². The zero-order valence-electron chi connectivity index (χ0n) is 14.6. The van der Waals surface area contributed by atoms with E-state index in [-0.39, 0.29) is 14.4 Å². The van der Waals surface area contributed by atoms with Gasteiger partial charge in [0.2, 0.25) is 0 Å². The molecule has 1 fully saturated rings. The molecule has 0 aliphatic carbocycles. The van der Waals surface area contributed by atoms with Gasteiger partial charge >= 0.3 is 0 Å². The number of benzene rings is 1. The SMILES string of the molecule is CC(C)CC[Si]1CCC(/C=C/C#Cc2ccc(C#N)c(F)c2)CC1. The van der Waals surface area contributed by atoms with Gasteiger partial charge in [0.1, 0.15) is 11.9 Å². The van der Waals surface area contributed by atoms with Crippen LogP contribution >= 0.6 is 0 Å². The average molecular weight is 339 g/mol. The Hall–Kier alpha value is -1.84. The van der Waals surface area contributed by atoms with E-state index in [1.807, 2.05) is 12.1 Å². The highest BCUT2D eigenvalue weighted by Crippen LogP contribution is 2.29. The molecule has 0 unspecified atom stereocenters. The Balaban J connectivity index is 1.80. The molecular formula is C21H25FNSi. The van der Waals surface area contributed by atoms with Crippen LogP contribution in [0, 0.1) is 40.8 Å². The molecular weight excluding hydrogens is 313 g/mol. The van der Waals surface area contributed by atoms with Crippen LogP contribution in [-0.4, -0.2) is 8.80 Å². The summed E-state index contributed by atoms with van der Waals surface area (Å²) in [5.41, 5.74) is 0.673. The molecule has 0 saturated carbocycles. The molecule has 1 aromatic rings. The normalized spacial score (nSPS) is 16.1. The summed E-state index contributed by atoms with van der Waals surface area (Å²) in [6.45, 7) is 4.63. The Morgan fingerprint density at radius 2 is 2.08 bits per heavy atom. The highest BCUT2D eigenvalue weighted by Gasteiger charge is 2.20. The van der Waals surface area contributed by atoms with Gasteiger partial charge in [0.05, 0.1) is 5.56 Å². The predicted molar refractivity (Wildman–Crippen MR) is 99.5 cm³/mol. The number of allylic oxidation sites excluding steroid dienone is 2. The van der Waals surface area contributed by atoms with Crippen molar-refractivity contribution in [1.82, 2.24) is 0 Å². The van der Waals surface area contributed by atoms with Crippen molar-refractivity contribution in [2.24, 2.45) is 11.8 Å². The fourth-order valence-corrected chi connectivity index (χ4v) is 6.27. The highest BCUT2D eigenvalue weighted by atomic mass is 28.3. The van der Waals surface area contributed by atoms with Crippen molar-refractivity contribution < 1.29 is 4.39 Å².